The quantitative estimate of drug-likeness (QED) is 0.405. The number of amides is 2. The van der Waals surface area contributed by atoms with Crippen LogP contribution in [-0.4, -0.2) is 50.3 Å². The predicted octanol–water partition coefficient (Wildman–Crippen LogP) is 3.87. The molecule has 2 amide bonds. The number of halogens is 1. The van der Waals surface area contributed by atoms with Crippen molar-refractivity contribution in [3.8, 4) is 0 Å². The number of carbonyl (C=O) groups is 2. The lowest BCUT2D eigenvalue weighted by Gasteiger charge is -2.35. The Morgan fingerprint density at radius 1 is 1.09 bits per heavy atom. The van der Waals surface area contributed by atoms with E-state index < -0.39 is 18.5 Å². The topological polar surface area (TPSA) is 110 Å². The first kappa shape index (κ1) is 21.6. The lowest BCUT2D eigenvalue weighted by Crippen LogP contribution is -2.44. The van der Waals surface area contributed by atoms with E-state index in [2.05, 4.69) is 9.97 Å². The minimum Gasteiger partial charge on any atom is -0.465 e. The summed E-state index contributed by atoms with van der Waals surface area (Å²) in [6, 6.07) is 21.2. The maximum Gasteiger partial charge on any atom is 0.414 e. The molecule has 0 aliphatic carbocycles. The molecule has 0 saturated heterocycles. The Labute approximate surface area is 193 Å². The zero-order valence-electron chi connectivity index (χ0n) is 18.0. The van der Waals surface area contributed by atoms with Crippen LogP contribution in [0.1, 0.15) is 27.0 Å². The van der Waals surface area contributed by atoms with Crippen molar-refractivity contribution >= 4 is 29.0 Å². The van der Waals surface area contributed by atoms with Gasteiger partial charge < -0.3 is 15.2 Å². The van der Waals surface area contributed by atoms with E-state index in [0.717, 1.165) is 10.5 Å². The number of carboxylic acid groups (broad SMARTS) is 1. The molecule has 0 fully saturated rings. The van der Waals surface area contributed by atoms with Crippen LogP contribution < -0.4 is 4.90 Å². The highest BCUT2D eigenvalue weighted by molar-refractivity contribution is 6.00. The summed E-state index contributed by atoms with van der Waals surface area (Å²) < 4.78 is 12.8. The fraction of sp³-hybridized carbons (Fsp3) is 0.160. The molecule has 5 rings (SSSR count). The number of hydrogen-bond acceptors (Lipinski definition) is 4. The monoisotopic (exact) mass is 460 g/mol. The first-order chi connectivity index (χ1) is 16.4. The summed E-state index contributed by atoms with van der Waals surface area (Å²) >= 11 is 0. The molecule has 0 spiro atoms. The van der Waals surface area contributed by atoms with E-state index in [1.807, 2.05) is 30.3 Å². The largest absolute Gasteiger partial charge is 0.465 e. The van der Waals surface area contributed by atoms with E-state index in [1.165, 1.54) is 4.90 Å². The van der Waals surface area contributed by atoms with E-state index in [0.29, 0.717) is 27.7 Å². The Morgan fingerprint density at radius 3 is 2.56 bits per heavy atom. The third-order valence-corrected chi connectivity index (χ3v) is 6.02. The second-order valence-electron chi connectivity index (χ2n) is 8.01. The van der Waals surface area contributed by atoms with Gasteiger partial charge in [0.05, 0.1) is 17.6 Å². The fourth-order valence-electron chi connectivity index (χ4n) is 4.39. The van der Waals surface area contributed by atoms with Gasteiger partial charge in [0.15, 0.2) is 5.72 Å². The molecule has 1 aromatic heterocycles. The van der Waals surface area contributed by atoms with Gasteiger partial charge in [-0.05, 0) is 23.8 Å². The summed E-state index contributed by atoms with van der Waals surface area (Å²) in [5.74, 6) is -0.319. The van der Waals surface area contributed by atoms with Crippen LogP contribution in [0.25, 0.3) is 11.0 Å². The number of hydrogen-bond donors (Lipinski definition) is 3. The highest BCUT2D eigenvalue weighted by atomic mass is 19.1. The van der Waals surface area contributed by atoms with Crippen LogP contribution in [0.4, 0.5) is 15.1 Å². The van der Waals surface area contributed by atoms with Gasteiger partial charge in [0.2, 0.25) is 5.95 Å². The number of imidazole rings is 1. The molecular formula is C25H21FN4O4. The Balaban J connectivity index is 1.62. The third kappa shape index (κ3) is 3.37. The van der Waals surface area contributed by atoms with Gasteiger partial charge in [0.1, 0.15) is 6.67 Å². The number of aromatic amines is 1. The number of fused-ring (bicyclic) bond motifs is 2. The number of carbonyl (C=O) groups excluding carboxylic acids is 1. The second kappa shape index (κ2) is 8.27. The summed E-state index contributed by atoms with van der Waals surface area (Å²) in [5, 5.41) is 21.5. The summed E-state index contributed by atoms with van der Waals surface area (Å²) in [5.41, 5.74) is 1.27. The van der Waals surface area contributed by atoms with E-state index >= 15 is 0 Å². The minimum atomic E-state index is -1.76. The molecule has 9 heteroatoms. The third-order valence-electron chi connectivity index (χ3n) is 6.02. The van der Waals surface area contributed by atoms with Crippen molar-refractivity contribution in [3.63, 3.8) is 0 Å². The van der Waals surface area contributed by atoms with Crippen molar-refractivity contribution < 1.29 is 24.2 Å². The van der Waals surface area contributed by atoms with E-state index in [4.69, 9.17) is 0 Å². The molecule has 172 valence electrons. The number of aromatic nitrogens is 2. The van der Waals surface area contributed by atoms with Crippen LogP contribution in [0.2, 0.25) is 0 Å². The van der Waals surface area contributed by atoms with Crippen molar-refractivity contribution in [2.24, 2.45) is 0 Å². The van der Waals surface area contributed by atoms with Gasteiger partial charge in [-0.15, -0.1) is 0 Å². The number of anilines is 1. The molecule has 34 heavy (non-hydrogen) atoms. The fourth-order valence-corrected chi connectivity index (χ4v) is 4.39. The summed E-state index contributed by atoms with van der Waals surface area (Å²) in [7, 11) is 0. The first-order valence-corrected chi connectivity index (χ1v) is 10.7. The van der Waals surface area contributed by atoms with Gasteiger partial charge >= 0.3 is 6.09 Å². The molecule has 3 N–H and O–H groups in total. The molecular weight excluding hydrogens is 439 g/mol. The molecule has 2 heterocycles. The van der Waals surface area contributed by atoms with Crippen molar-refractivity contribution in [3.05, 3.63) is 95.1 Å². The van der Waals surface area contributed by atoms with E-state index in [-0.39, 0.29) is 24.9 Å². The van der Waals surface area contributed by atoms with Crippen LogP contribution >= 0.6 is 0 Å². The molecule has 1 unspecified atom stereocenters. The molecule has 1 atom stereocenters. The maximum absolute atomic E-state index is 13.3. The van der Waals surface area contributed by atoms with Gasteiger partial charge in [0.25, 0.3) is 5.91 Å². The van der Waals surface area contributed by atoms with Crippen LogP contribution in [0.3, 0.4) is 0 Å². The van der Waals surface area contributed by atoms with Crippen LogP contribution in [-0.2, 0) is 12.3 Å². The van der Waals surface area contributed by atoms with Crippen LogP contribution in [0.15, 0.2) is 72.8 Å². The Morgan fingerprint density at radius 2 is 1.82 bits per heavy atom. The van der Waals surface area contributed by atoms with Crippen molar-refractivity contribution in [2.45, 2.75) is 12.3 Å². The van der Waals surface area contributed by atoms with Crippen molar-refractivity contribution in [1.29, 1.82) is 0 Å². The average Bonchev–Trinajstić information content (AvgIpc) is 3.36. The Kier molecular flexibility index (Phi) is 5.25. The zero-order chi connectivity index (χ0) is 23.9. The van der Waals surface area contributed by atoms with Crippen LogP contribution in [0.5, 0.6) is 0 Å². The van der Waals surface area contributed by atoms with Gasteiger partial charge in [-0.25, -0.2) is 19.1 Å². The van der Waals surface area contributed by atoms with E-state index in [1.54, 1.807) is 42.5 Å². The van der Waals surface area contributed by atoms with Crippen molar-refractivity contribution in [1.82, 2.24) is 14.9 Å². The Hall–Kier alpha value is -4.24. The van der Waals surface area contributed by atoms with Gasteiger partial charge in [-0.3, -0.25) is 9.69 Å². The number of nitrogens with zero attached hydrogens (tertiary/aromatic N) is 3. The van der Waals surface area contributed by atoms with Gasteiger partial charge in [-0.2, -0.15) is 0 Å². The highest BCUT2D eigenvalue weighted by Gasteiger charge is 2.49. The number of benzene rings is 3. The molecule has 0 saturated carbocycles. The molecule has 1 aliphatic rings. The minimum absolute atomic E-state index is 0.0201. The number of rotatable bonds is 6. The van der Waals surface area contributed by atoms with Gasteiger partial charge in [-0.1, -0.05) is 54.6 Å². The second-order valence-corrected chi connectivity index (χ2v) is 8.01. The molecule has 0 radical (unpaired) electrons. The zero-order valence-corrected chi connectivity index (χ0v) is 18.0. The van der Waals surface area contributed by atoms with Crippen molar-refractivity contribution in [2.75, 3.05) is 18.1 Å². The predicted molar refractivity (Wildman–Crippen MR) is 123 cm³/mol. The molecule has 4 aromatic rings. The SMILES string of the molecule is O=C(O)N(CCF)c1nc2ccc(C3(O)c4ccccc4C(=O)N3Cc3ccccc3)cc2[nH]1. The Bertz CT molecular complexity index is 1390. The first-order valence-electron chi connectivity index (χ1n) is 10.7. The number of H-pyrrole nitrogens is 1. The lowest BCUT2D eigenvalue weighted by molar-refractivity contribution is -0.0542. The lowest BCUT2D eigenvalue weighted by atomic mass is 9.93. The molecule has 3 aromatic carbocycles. The standard InChI is InChI=1S/C25H21FN4O4/c26-12-13-29(24(32)33)23-27-20-11-10-17(14-21(20)28-23)25(34)19-9-5-4-8-18(19)22(31)30(25)15-16-6-2-1-3-7-16/h1-11,14,34H,12-13,15H2,(H,27,28)(H,32,33). The smallest absolute Gasteiger partial charge is 0.414 e. The number of nitrogens with one attached hydrogen (secondary N) is 1. The maximum atomic E-state index is 13.3. The van der Waals surface area contributed by atoms with E-state index in [9.17, 15) is 24.2 Å². The number of aliphatic hydroxyl groups is 1. The molecule has 1 aliphatic heterocycles. The summed E-state index contributed by atoms with van der Waals surface area (Å²) in [6.45, 7) is -1.04. The van der Waals surface area contributed by atoms with Gasteiger partial charge in [0, 0.05) is 23.2 Å². The normalized spacial score (nSPS) is 17.2. The summed E-state index contributed by atoms with van der Waals surface area (Å²) in [4.78, 5) is 34.2. The summed E-state index contributed by atoms with van der Waals surface area (Å²) in [6.07, 6.45) is -1.33. The molecule has 0 bridgehead atoms. The number of alkyl halides is 1. The molecule has 8 nitrogen and oxygen atoms in total. The highest BCUT2D eigenvalue weighted by Crippen LogP contribution is 2.43. The van der Waals surface area contributed by atoms with Crippen LogP contribution in [0, 0.1) is 0 Å². The average molecular weight is 460 g/mol.